The Morgan fingerprint density at radius 2 is 1.66 bits per heavy atom. The summed E-state index contributed by atoms with van der Waals surface area (Å²) in [6.07, 6.45) is 5.55. The molecule has 0 spiro atoms. The van der Waals surface area contributed by atoms with Gasteiger partial charge in [0.1, 0.15) is 0 Å². The lowest BCUT2D eigenvalue weighted by molar-refractivity contribution is -0.141. The Labute approximate surface area is 177 Å². The van der Waals surface area contributed by atoms with E-state index >= 15 is 0 Å². The minimum absolute atomic E-state index is 0.117. The first-order chi connectivity index (χ1) is 13.9. The Morgan fingerprint density at radius 1 is 1.00 bits per heavy atom. The SMILES string of the molecule is CC(C)C(=O)Nc1ccc(NC(=O)[C@H]2CCCC[C@H]2C(=O)N2CCCC2)cc1Cl. The molecule has 2 fully saturated rings. The minimum atomic E-state index is -0.309. The normalized spacial score (nSPS) is 21.9. The minimum Gasteiger partial charge on any atom is -0.342 e. The molecule has 2 aliphatic rings. The molecule has 1 saturated carbocycles. The van der Waals surface area contributed by atoms with Crippen molar-refractivity contribution in [3.63, 3.8) is 0 Å². The third-order valence-corrected chi connectivity index (χ3v) is 6.17. The maximum absolute atomic E-state index is 13.0. The first kappa shape index (κ1) is 21.6. The smallest absolute Gasteiger partial charge is 0.228 e. The molecule has 29 heavy (non-hydrogen) atoms. The molecule has 0 unspecified atom stereocenters. The quantitative estimate of drug-likeness (QED) is 0.746. The van der Waals surface area contributed by atoms with Gasteiger partial charge in [-0.15, -0.1) is 0 Å². The van der Waals surface area contributed by atoms with Crippen LogP contribution in [-0.4, -0.2) is 35.7 Å². The monoisotopic (exact) mass is 419 g/mol. The van der Waals surface area contributed by atoms with Crippen LogP contribution >= 0.6 is 11.6 Å². The fraction of sp³-hybridized carbons (Fsp3) is 0.591. The third kappa shape index (κ3) is 5.30. The number of amides is 3. The number of nitrogens with one attached hydrogen (secondary N) is 2. The van der Waals surface area contributed by atoms with Gasteiger partial charge < -0.3 is 15.5 Å². The Balaban J connectivity index is 1.67. The highest BCUT2D eigenvalue weighted by Gasteiger charge is 2.38. The molecule has 6 nitrogen and oxygen atoms in total. The van der Waals surface area contributed by atoms with Crippen LogP contribution in [0, 0.1) is 17.8 Å². The first-order valence-corrected chi connectivity index (χ1v) is 10.9. The van der Waals surface area contributed by atoms with Crippen molar-refractivity contribution < 1.29 is 14.4 Å². The zero-order chi connectivity index (χ0) is 21.0. The molecule has 2 atom stereocenters. The summed E-state index contributed by atoms with van der Waals surface area (Å²) in [5.74, 6) is -0.807. The van der Waals surface area contributed by atoms with Gasteiger partial charge in [-0.3, -0.25) is 14.4 Å². The molecule has 3 amide bonds. The molecular formula is C22H30ClN3O3. The molecule has 7 heteroatoms. The molecule has 1 aliphatic heterocycles. The van der Waals surface area contributed by atoms with E-state index in [1.165, 1.54) is 0 Å². The second-order valence-corrected chi connectivity index (χ2v) is 8.76. The highest BCUT2D eigenvalue weighted by Crippen LogP contribution is 2.34. The number of anilines is 2. The van der Waals surface area contributed by atoms with Crippen molar-refractivity contribution in [2.45, 2.75) is 52.4 Å². The molecule has 2 N–H and O–H groups in total. The summed E-state index contributed by atoms with van der Waals surface area (Å²) in [5, 5.41) is 6.06. The molecule has 0 bridgehead atoms. The zero-order valence-corrected chi connectivity index (χ0v) is 17.9. The fourth-order valence-electron chi connectivity index (χ4n) is 4.12. The second-order valence-electron chi connectivity index (χ2n) is 8.36. The van der Waals surface area contributed by atoms with E-state index in [0.29, 0.717) is 16.4 Å². The van der Waals surface area contributed by atoms with Crippen LogP contribution in [0.4, 0.5) is 11.4 Å². The molecule has 0 radical (unpaired) electrons. The number of hydrogen-bond acceptors (Lipinski definition) is 3. The average Bonchev–Trinajstić information content (AvgIpc) is 3.24. The third-order valence-electron chi connectivity index (χ3n) is 5.86. The van der Waals surface area contributed by atoms with Crippen LogP contribution in [0.1, 0.15) is 52.4 Å². The number of halogens is 1. The van der Waals surface area contributed by atoms with E-state index in [2.05, 4.69) is 10.6 Å². The van der Waals surface area contributed by atoms with Crippen molar-refractivity contribution in [2.75, 3.05) is 23.7 Å². The Kier molecular flexibility index (Phi) is 7.17. The zero-order valence-electron chi connectivity index (χ0n) is 17.2. The maximum Gasteiger partial charge on any atom is 0.228 e. The van der Waals surface area contributed by atoms with Crippen molar-refractivity contribution in [1.82, 2.24) is 4.90 Å². The molecule has 1 heterocycles. The van der Waals surface area contributed by atoms with Crippen molar-refractivity contribution in [3.8, 4) is 0 Å². The van der Waals surface area contributed by atoms with Gasteiger partial charge in [-0.25, -0.2) is 0 Å². The van der Waals surface area contributed by atoms with E-state index in [-0.39, 0.29) is 35.5 Å². The molecule has 3 rings (SSSR count). The molecule has 1 aliphatic carbocycles. The second kappa shape index (κ2) is 9.61. The van der Waals surface area contributed by atoms with Gasteiger partial charge in [0, 0.05) is 36.5 Å². The predicted octanol–water partition coefficient (Wildman–Crippen LogP) is 4.30. The highest BCUT2D eigenvalue weighted by molar-refractivity contribution is 6.34. The Morgan fingerprint density at radius 3 is 2.28 bits per heavy atom. The number of rotatable bonds is 5. The first-order valence-electron chi connectivity index (χ1n) is 10.6. The van der Waals surface area contributed by atoms with E-state index in [1.807, 2.05) is 18.7 Å². The molecule has 158 valence electrons. The molecule has 1 aromatic carbocycles. The standard InChI is InChI=1S/C22H30ClN3O3/c1-14(2)20(27)25-19-10-9-15(13-18(19)23)24-21(28)16-7-3-4-8-17(16)22(29)26-11-5-6-12-26/h9-10,13-14,16-17H,3-8,11-12H2,1-2H3,(H,24,28)(H,25,27)/t16-,17+/m0/s1. The fourth-order valence-corrected chi connectivity index (χ4v) is 4.35. The summed E-state index contributed by atoms with van der Waals surface area (Å²) in [6.45, 7) is 5.23. The van der Waals surface area contributed by atoms with Crippen LogP contribution in [0.3, 0.4) is 0 Å². The van der Waals surface area contributed by atoms with Crippen molar-refractivity contribution >= 4 is 40.7 Å². The van der Waals surface area contributed by atoms with E-state index in [4.69, 9.17) is 11.6 Å². The lowest BCUT2D eigenvalue weighted by atomic mass is 9.77. The van der Waals surface area contributed by atoms with E-state index in [1.54, 1.807) is 18.2 Å². The molecule has 1 saturated heterocycles. The van der Waals surface area contributed by atoms with Gasteiger partial charge in [-0.1, -0.05) is 38.3 Å². The Hall–Kier alpha value is -2.08. The number of benzene rings is 1. The summed E-state index contributed by atoms with van der Waals surface area (Å²) in [4.78, 5) is 39.7. The molecule has 0 aromatic heterocycles. The summed E-state index contributed by atoms with van der Waals surface area (Å²) < 4.78 is 0. The summed E-state index contributed by atoms with van der Waals surface area (Å²) in [5.41, 5.74) is 1.09. The highest BCUT2D eigenvalue weighted by atomic mass is 35.5. The van der Waals surface area contributed by atoms with Gasteiger partial charge in [0.25, 0.3) is 0 Å². The maximum atomic E-state index is 13.0. The van der Waals surface area contributed by atoms with Crippen molar-refractivity contribution in [3.05, 3.63) is 23.2 Å². The number of carbonyl (C=O) groups excluding carboxylic acids is 3. The summed E-state index contributed by atoms with van der Waals surface area (Å²) in [7, 11) is 0. The van der Waals surface area contributed by atoms with E-state index in [9.17, 15) is 14.4 Å². The van der Waals surface area contributed by atoms with Crippen LogP contribution in [0.5, 0.6) is 0 Å². The number of nitrogens with zero attached hydrogens (tertiary/aromatic N) is 1. The predicted molar refractivity (Wildman–Crippen MR) is 115 cm³/mol. The lowest BCUT2D eigenvalue weighted by Crippen LogP contribution is -2.42. The number of likely N-dealkylation sites (tertiary alicyclic amines) is 1. The van der Waals surface area contributed by atoms with Crippen LogP contribution in [0.15, 0.2) is 18.2 Å². The van der Waals surface area contributed by atoms with Crippen molar-refractivity contribution in [1.29, 1.82) is 0 Å². The van der Waals surface area contributed by atoms with Gasteiger partial charge in [-0.2, -0.15) is 0 Å². The van der Waals surface area contributed by atoms with Crippen LogP contribution in [0.2, 0.25) is 5.02 Å². The molecule has 1 aromatic rings. The lowest BCUT2D eigenvalue weighted by Gasteiger charge is -2.32. The van der Waals surface area contributed by atoms with Gasteiger partial charge >= 0.3 is 0 Å². The van der Waals surface area contributed by atoms with Crippen LogP contribution in [0.25, 0.3) is 0 Å². The largest absolute Gasteiger partial charge is 0.342 e. The van der Waals surface area contributed by atoms with Crippen LogP contribution < -0.4 is 10.6 Å². The number of carbonyl (C=O) groups is 3. The van der Waals surface area contributed by atoms with Gasteiger partial charge in [0.2, 0.25) is 17.7 Å². The average molecular weight is 420 g/mol. The van der Waals surface area contributed by atoms with Gasteiger partial charge in [-0.05, 0) is 43.9 Å². The van der Waals surface area contributed by atoms with Crippen molar-refractivity contribution in [2.24, 2.45) is 17.8 Å². The van der Waals surface area contributed by atoms with Gasteiger partial charge in [0.15, 0.2) is 0 Å². The summed E-state index contributed by atoms with van der Waals surface area (Å²) >= 11 is 6.29. The topological polar surface area (TPSA) is 78.5 Å². The molecular weight excluding hydrogens is 390 g/mol. The van der Waals surface area contributed by atoms with Gasteiger partial charge in [0.05, 0.1) is 10.7 Å². The summed E-state index contributed by atoms with van der Waals surface area (Å²) in [6, 6.07) is 5.04. The Bertz CT molecular complexity index is 775. The van der Waals surface area contributed by atoms with E-state index < -0.39 is 0 Å². The number of hydrogen-bond donors (Lipinski definition) is 2. The van der Waals surface area contributed by atoms with Crippen LogP contribution in [-0.2, 0) is 14.4 Å². The van der Waals surface area contributed by atoms with E-state index in [0.717, 1.165) is 51.6 Å².